The predicted molar refractivity (Wildman–Crippen MR) is 85.8 cm³/mol. The van der Waals surface area contributed by atoms with Crippen molar-refractivity contribution in [3.63, 3.8) is 0 Å². The smallest absolute Gasteiger partial charge is 0.277 e. The summed E-state index contributed by atoms with van der Waals surface area (Å²) in [5.74, 6) is -0.334. The Balaban J connectivity index is 2.34. The van der Waals surface area contributed by atoms with Gasteiger partial charge in [-0.1, -0.05) is 0 Å². The van der Waals surface area contributed by atoms with Gasteiger partial charge in [0, 0.05) is 14.2 Å². The van der Waals surface area contributed by atoms with Crippen LogP contribution in [0.4, 0.5) is 0 Å². The minimum atomic E-state index is -0.845. The number of nitrogens with zero attached hydrogens (tertiary/aromatic N) is 3. The first-order chi connectivity index (χ1) is 10.4. The number of hydrogen-bond acceptors (Lipinski definition) is 6. The molecule has 9 heteroatoms. The van der Waals surface area contributed by atoms with Crippen molar-refractivity contribution >= 4 is 28.5 Å². The van der Waals surface area contributed by atoms with Crippen LogP contribution in [0, 0.1) is 3.57 Å². The lowest BCUT2D eigenvalue weighted by atomic mass is 10.2. The molecule has 120 valence electrons. The molecule has 1 N–H and O–H groups in total. The van der Waals surface area contributed by atoms with E-state index in [1.54, 1.807) is 18.8 Å². The van der Waals surface area contributed by atoms with Crippen LogP contribution in [0.15, 0.2) is 4.79 Å². The van der Waals surface area contributed by atoms with Gasteiger partial charge in [0.05, 0.1) is 29.5 Å². The van der Waals surface area contributed by atoms with Gasteiger partial charge in [-0.25, -0.2) is 4.68 Å². The highest BCUT2D eigenvalue weighted by Gasteiger charge is 2.45. The zero-order valence-corrected chi connectivity index (χ0v) is 14.5. The molecule has 2 aliphatic heterocycles. The van der Waals surface area contributed by atoms with E-state index in [0.717, 1.165) is 0 Å². The Kier molecular flexibility index (Phi) is 3.81. The zero-order valence-electron chi connectivity index (χ0n) is 12.4. The number of aliphatic hydroxyl groups excluding tert-OH is 1. The van der Waals surface area contributed by atoms with Crippen LogP contribution in [0.25, 0.3) is 0 Å². The molecule has 0 spiro atoms. The van der Waals surface area contributed by atoms with E-state index in [2.05, 4.69) is 0 Å². The fourth-order valence-corrected chi connectivity index (χ4v) is 3.85. The average molecular weight is 421 g/mol. The number of amides is 1. The van der Waals surface area contributed by atoms with Gasteiger partial charge in [0.15, 0.2) is 11.4 Å². The molecule has 1 aromatic heterocycles. The van der Waals surface area contributed by atoms with Gasteiger partial charge in [-0.3, -0.25) is 14.6 Å². The Morgan fingerprint density at radius 1 is 1.36 bits per heavy atom. The summed E-state index contributed by atoms with van der Waals surface area (Å²) in [5.41, 5.74) is 0.204. The third-order valence-corrected chi connectivity index (χ3v) is 5.09. The molecule has 2 atom stereocenters. The first-order valence-electron chi connectivity index (χ1n) is 6.67. The maximum atomic E-state index is 12.7. The predicted octanol–water partition coefficient (Wildman–Crippen LogP) is -0.495. The van der Waals surface area contributed by atoms with E-state index in [9.17, 15) is 14.7 Å². The van der Waals surface area contributed by atoms with E-state index < -0.39 is 6.10 Å². The highest BCUT2D eigenvalue weighted by molar-refractivity contribution is 14.1. The summed E-state index contributed by atoms with van der Waals surface area (Å²) >= 11 is 1.89. The fraction of sp³-hybridized carbons (Fsp3) is 0.538. The molecule has 0 saturated heterocycles. The van der Waals surface area contributed by atoms with Crippen LogP contribution in [-0.2, 0) is 4.74 Å². The molecule has 1 amide bonds. The Bertz CT molecular complexity index is 704. The van der Waals surface area contributed by atoms with Crippen LogP contribution < -0.4 is 15.2 Å². The molecule has 8 nitrogen and oxygen atoms in total. The molecule has 0 bridgehead atoms. The topological polar surface area (TPSA) is 84.2 Å². The first-order valence-corrected chi connectivity index (χ1v) is 7.75. The second-order valence-corrected chi connectivity index (χ2v) is 6.29. The maximum absolute atomic E-state index is 12.7. The molecule has 3 rings (SSSR count). The minimum absolute atomic E-state index is 0.0000307. The highest BCUT2D eigenvalue weighted by Crippen LogP contribution is 2.35. The molecule has 22 heavy (non-hydrogen) atoms. The third kappa shape index (κ3) is 1.88. The molecule has 2 unspecified atom stereocenters. The lowest BCUT2D eigenvalue weighted by molar-refractivity contribution is 0.0465. The first kappa shape index (κ1) is 15.6. The number of methoxy groups -OCH3 is 2. The van der Waals surface area contributed by atoms with Crippen molar-refractivity contribution in [3.8, 4) is 5.75 Å². The Morgan fingerprint density at radius 2 is 2.05 bits per heavy atom. The number of likely N-dealkylation sites (N-methyl/N-ethyl adjacent to an activating group) is 1. The molecule has 0 aliphatic carbocycles. The summed E-state index contributed by atoms with van der Waals surface area (Å²) in [7, 11) is 4.55. The van der Waals surface area contributed by atoms with Crippen molar-refractivity contribution in [2.45, 2.75) is 12.3 Å². The fourth-order valence-electron chi connectivity index (χ4n) is 3.01. The molecular formula is C13H16IN3O5. The van der Waals surface area contributed by atoms with Crippen molar-refractivity contribution in [2.24, 2.45) is 0 Å². The highest BCUT2D eigenvalue weighted by atomic mass is 127. The van der Waals surface area contributed by atoms with E-state index in [4.69, 9.17) is 9.47 Å². The standard InChI is InChI=1S/C13H16IN3O5/c1-15-7(5-21-2)16-4-6(18)9-8(14)11(19)12(22-3)10(13(15)20)17(9)16/h6-7,18H,4-5H2,1-3H3. The van der Waals surface area contributed by atoms with Gasteiger partial charge >= 0.3 is 0 Å². The summed E-state index contributed by atoms with van der Waals surface area (Å²) in [6.07, 6.45) is -1.20. The van der Waals surface area contributed by atoms with Crippen molar-refractivity contribution < 1.29 is 19.4 Å². The van der Waals surface area contributed by atoms with Crippen LogP contribution in [0.3, 0.4) is 0 Å². The molecule has 1 aromatic rings. The van der Waals surface area contributed by atoms with E-state index in [-0.39, 0.29) is 35.5 Å². The molecule has 0 fully saturated rings. The van der Waals surface area contributed by atoms with E-state index in [0.29, 0.717) is 15.9 Å². The molecule has 3 heterocycles. The molecule has 0 saturated carbocycles. The SMILES string of the molecule is COCC1N(C)C(=O)c2c(OC)c(=O)c(I)c3n2N1CC3O. The van der Waals surface area contributed by atoms with Gasteiger partial charge in [0.2, 0.25) is 5.43 Å². The lowest BCUT2D eigenvalue weighted by Gasteiger charge is -2.42. The van der Waals surface area contributed by atoms with Gasteiger partial charge in [-0.15, -0.1) is 0 Å². The molecule has 0 aromatic carbocycles. The number of ether oxygens (including phenoxy) is 2. The summed E-state index contributed by atoms with van der Waals surface area (Å²) < 4.78 is 12.3. The van der Waals surface area contributed by atoms with E-state index in [1.807, 2.05) is 27.6 Å². The monoisotopic (exact) mass is 421 g/mol. The quantitative estimate of drug-likeness (QED) is 0.664. The second-order valence-electron chi connectivity index (χ2n) is 5.21. The van der Waals surface area contributed by atoms with Crippen LogP contribution in [0.5, 0.6) is 5.75 Å². The molecule has 2 aliphatic rings. The lowest BCUT2D eigenvalue weighted by Crippen LogP contribution is -2.60. The zero-order chi connectivity index (χ0) is 16.2. The largest absolute Gasteiger partial charge is 0.491 e. The number of carbonyl (C=O) groups is 1. The summed E-state index contributed by atoms with van der Waals surface area (Å²) in [5, 5.41) is 12.2. The maximum Gasteiger partial charge on any atom is 0.277 e. The normalized spacial score (nSPS) is 23.0. The Labute approximate surface area is 140 Å². The summed E-state index contributed by atoms with van der Waals surface area (Å²) in [4.78, 5) is 26.6. The Morgan fingerprint density at radius 3 is 2.64 bits per heavy atom. The van der Waals surface area contributed by atoms with Crippen LogP contribution in [0.1, 0.15) is 22.3 Å². The average Bonchev–Trinajstić information content (AvgIpc) is 2.83. The molecular weight excluding hydrogens is 405 g/mol. The summed E-state index contributed by atoms with van der Waals surface area (Å²) in [6.45, 7) is 0.570. The van der Waals surface area contributed by atoms with Gasteiger partial charge in [-0.05, 0) is 22.6 Å². The number of rotatable bonds is 3. The van der Waals surface area contributed by atoms with Gasteiger partial charge in [0.25, 0.3) is 5.91 Å². The van der Waals surface area contributed by atoms with Crippen LogP contribution >= 0.6 is 22.6 Å². The van der Waals surface area contributed by atoms with Gasteiger partial charge in [0.1, 0.15) is 12.3 Å². The Hall–Kier alpha value is -1.33. The number of pyridine rings is 1. The number of aliphatic hydroxyl groups is 1. The third-order valence-electron chi connectivity index (χ3n) is 4.05. The number of halogens is 1. The van der Waals surface area contributed by atoms with E-state index in [1.165, 1.54) is 12.0 Å². The van der Waals surface area contributed by atoms with Crippen molar-refractivity contribution in [2.75, 3.05) is 39.4 Å². The van der Waals surface area contributed by atoms with E-state index >= 15 is 0 Å². The number of carbonyl (C=O) groups excluding carboxylic acids is 1. The molecule has 0 radical (unpaired) electrons. The van der Waals surface area contributed by atoms with Crippen LogP contribution in [-0.4, -0.2) is 61.2 Å². The minimum Gasteiger partial charge on any atom is -0.491 e. The number of aromatic nitrogens is 1. The van der Waals surface area contributed by atoms with Crippen molar-refractivity contribution in [1.29, 1.82) is 0 Å². The van der Waals surface area contributed by atoms with Crippen LogP contribution in [0.2, 0.25) is 0 Å². The van der Waals surface area contributed by atoms with Gasteiger partial charge in [-0.2, -0.15) is 0 Å². The van der Waals surface area contributed by atoms with Crippen molar-refractivity contribution in [1.82, 2.24) is 9.58 Å². The van der Waals surface area contributed by atoms with Crippen molar-refractivity contribution in [3.05, 3.63) is 25.2 Å². The van der Waals surface area contributed by atoms with Gasteiger partial charge < -0.3 is 19.5 Å². The number of hydrogen-bond donors (Lipinski definition) is 1. The summed E-state index contributed by atoms with van der Waals surface area (Å²) in [6, 6.07) is 0. The second kappa shape index (κ2) is 5.39.